The van der Waals surface area contributed by atoms with E-state index in [1.807, 2.05) is 57.2 Å². The predicted molar refractivity (Wildman–Crippen MR) is 264 cm³/mol. The monoisotopic (exact) mass is 935 g/mol. The summed E-state index contributed by atoms with van der Waals surface area (Å²) in [4.78, 5) is 67.8. The van der Waals surface area contributed by atoms with Crippen LogP contribution in [0.3, 0.4) is 0 Å². The van der Waals surface area contributed by atoms with E-state index in [1.54, 1.807) is 38.7 Å². The number of fused-ring (bicyclic) bond motifs is 6. The van der Waals surface area contributed by atoms with Crippen LogP contribution in [-0.4, -0.2) is 98.7 Å². The fourth-order valence-electron chi connectivity index (χ4n) is 10.2. The molecule has 5 aromatic rings. The lowest BCUT2D eigenvalue weighted by Crippen LogP contribution is -2.62. The van der Waals surface area contributed by atoms with Crippen molar-refractivity contribution in [2.45, 2.75) is 111 Å². The number of aromatic hydroxyl groups is 1. The summed E-state index contributed by atoms with van der Waals surface area (Å²) in [5.41, 5.74) is 10.3. The number of ether oxygens (including phenoxy) is 2. The van der Waals surface area contributed by atoms with E-state index in [2.05, 4.69) is 71.1 Å². The molecule has 0 radical (unpaired) electrons. The minimum atomic E-state index is -1.13. The number of esters is 1. The predicted octanol–water partition coefficient (Wildman–Crippen LogP) is 7.41. The molecule has 8 rings (SSSR count). The number of carbonyl (C=O) groups excluding carboxylic acids is 4. The molecule has 1 aliphatic carbocycles. The normalized spacial score (nSPS) is 21.3. The highest BCUT2D eigenvalue weighted by Crippen LogP contribution is 2.42. The zero-order valence-corrected chi connectivity index (χ0v) is 41.0. The van der Waals surface area contributed by atoms with Crippen LogP contribution in [0.25, 0.3) is 33.3 Å². The van der Waals surface area contributed by atoms with Gasteiger partial charge < -0.3 is 29.4 Å². The van der Waals surface area contributed by atoms with Crippen molar-refractivity contribution in [2.24, 2.45) is 23.2 Å². The van der Waals surface area contributed by atoms with Crippen LogP contribution in [0, 0.1) is 35.0 Å². The summed E-state index contributed by atoms with van der Waals surface area (Å²) in [6.45, 7) is 13.1. The first kappa shape index (κ1) is 48.9. The van der Waals surface area contributed by atoms with Gasteiger partial charge in [-0.1, -0.05) is 51.8 Å². The Labute approximate surface area is 405 Å². The maximum absolute atomic E-state index is 14.8. The van der Waals surface area contributed by atoms with Crippen LogP contribution in [0.1, 0.15) is 95.8 Å². The van der Waals surface area contributed by atoms with E-state index >= 15 is 0 Å². The molecule has 0 unspecified atom stereocenters. The van der Waals surface area contributed by atoms with Gasteiger partial charge in [-0.25, -0.2) is 10.4 Å². The largest absolute Gasteiger partial charge is 0.508 e. The minimum absolute atomic E-state index is 0.00377. The van der Waals surface area contributed by atoms with Gasteiger partial charge in [0.05, 0.1) is 24.1 Å². The van der Waals surface area contributed by atoms with E-state index in [4.69, 9.17) is 14.5 Å². The zero-order chi connectivity index (χ0) is 49.1. The summed E-state index contributed by atoms with van der Waals surface area (Å²) in [6.07, 6.45) is 5.89. The van der Waals surface area contributed by atoms with Crippen molar-refractivity contribution in [2.75, 3.05) is 27.3 Å². The number of methoxy groups -OCH3 is 1. The molecule has 14 nitrogen and oxygen atoms in total. The van der Waals surface area contributed by atoms with Crippen LogP contribution in [0.2, 0.25) is 0 Å². The van der Waals surface area contributed by atoms with Crippen molar-refractivity contribution in [3.8, 4) is 40.0 Å². The molecule has 362 valence electrons. The van der Waals surface area contributed by atoms with Gasteiger partial charge in [0, 0.05) is 79.8 Å². The second kappa shape index (κ2) is 20.6. The van der Waals surface area contributed by atoms with Crippen molar-refractivity contribution < 1.29 is 33.8 Å². The van der Waals surface area contributed by atoms with Crippen LogP contribution >= 0.6 is 0 Å². The third kappa shape index (κ3) is 10.6. The summed E-state index contributed by atoms with van der Waals surface area (Å²) in [7, 11) is 3.32. The number of likely N-dealkylation sites (N-methyl/N-ethyl adjacent to an activating group) is 1. The second-order valence-corrected chi connectivity index (χ2v) is 20.0. The summed E-state index contributed by atoms with van der Waals surface area (Å²) in [5.74, 6) is 4.25. The average molecular weight is 936 g/mol. The van der Waals surface area contributed by atoms with Crippen LogP contribution in [0.4, 0.5) is 0 Å². The van der Waals surface area contributed by atoms with Crippen molar-refractivity contribution in [1.29, 1.82) is 0 Å². The number of rotatable bonds is 9. The van der Waals surface area contributed by atoms with Crippen molar-refractivity contribution in [3.63, 3.8) is 0 Å². The highest BCUT2D eigenvalue weighted by molar-refractivity contribution is 5.96. The number of phenols is 1. The number of pyridine rings is 2. The van der Waals surface area contributed by atoms with Gasteiger partial charge >= 0.3 is 5.97 Å². The molecular weight excluding hydrogens is 871 g/mol. The number of carbonyl (C=O) groups is 4. The van der Waals surface area contributed by atoms with E-state index in [0.717, 1.165) is 44.5 Å². The first-order valence-corrected chi connectivity index (χ1v) is 24.3. The minimum Gasteiger partial charge on any atom is -0.508 e. The number of aryl methyl sites for hydroxylation is 1. The van der Waals surface area contributed by atoms with Gasteiger partial charge in [-0.05, 0) is 129 Å². The third-order valence-corrected chi connectivity index (χ3v) is 13.9. The number of aromatic nitrogens is 3. The van der Waals surface area contributed by atoms with Crippen LogP contribution in [-0.2, 0) is 48.0 Å². The van der Waals surface area contributed by atoms with Crippen molar-refractivity contribution >= 4 is 34.6 Å². The molecule has 1 saturated carbocycles. The van der Waals surface area contributed by atoms with Gasteiger partial charge in [-0.15, -0.1) is 0 Å². The molecule has 69 heavy (non-hydrogen) atoms. The summed E-state index contributed by atoms with van der Waals surface area (Å²) >= 11 is 0. The molecule has 2 fully saturated rings. The Morgan fingerprint density at radius 3 is 2.54 bits per heavy atom. The van der Waals surface area contributed by atoms with Gasteiger partial charge in [0.1, 0.15) is 29.6 Å². The average Bonchev–Trinajstić information content (AvgIpc) is 3.62. The Balaban J connectivity index is 1.15. The van der Waals surface area contributed by atoms with Crippen molar-refractivity contribution in [3.05, 3.63) is 102 Å². The SMILES string of the molecule is CCn1c(-c2cccnc2[C@H](C)OC)c2c3cc(ccc31)-c1cc(O)cc(c1)C[C@H](NC(=O)[C@H](C(C)C)N(C)C(=O)C1CC(C#Cc3ccccn3)C1)C(=O)N1CCC[C@H](N1)C(=O)OCC(C)(C)C2. The molecule has 4 atom stereocenters. The van der Waals surface area contributed by atoms with E-state index in [1.165, 1.54) is 9.91 Å². The fourth-order valence-corrected chi connectivity index (χ4v) is 10.2. The third-order valence-electron chi connectivity index (χ3n) is 13.9. The highest BCUT2D eigenvalue weighted by atomic mass is 16.5. The maximum Gasteiger partial charge on any atom is 0.324 e. The number of hydrogen-bond acceptors (Lipinski definition) is 10. The Morgan fingerprint density at radius 1 is 1.03 bits per heavy atom. The number of phenolic OH excluding ortho intramolecular Hbond substituents is 1. The first-order valence-electron chi connectivity index (χ1n) is 24.3. The summed E-state index contributed by atoms with van der Waals surface area (Å²) in [6, 6.07) is 18.3. The van der Waals surface area contributed by atoms with E-state index < -0.39 is 41.3 Å². The molecule has 3 amide bonds. The molecule has 3 aliphatic rings. The fraction of sp³-hybridized carbons (Fsp3) is 0.455. The van der Waals surface area contributed by atoms with E-state index in [-0.39, 0.29) is 48.5 Å². The Bertz CT molecular complexity index is 2790. The van der Waals surface area contributed by atoms with Gasteiger partial charge in [0.25, 0.3) is 5.91 Å². The standard InChI is InChI=1S/C55H65N7O7/c1-9-61-47-20-18-37-30-43(47)44(50(61)42-15-12-22-57-48(42)34(4)68-8)31-55(5,6)32-69-54(67)45-16-13-23-62(59-45)53(66)46(28-36-26-38(37)29-41(63)27-36)58-51(64)49(33(2)3)60(7)52(65)39-24-35(25-39)17-19-40-14-10-11-21-56-40/h10-12,14-15,18,20-22,26-27,29-30,33-35,39,45-46,49,59,63H,9,13,16,23-25,28,31-32H2,1-8H3,(H,58,64)/t34-,35?,39?,45-,46-,49-/m0/s1. The summed E-state index contributed by atoms with van der Waals surface area (Å²) < 4.78 is 14.2. The molecule has 0 spiro atoms. The number of nitrogens with zero attached hydrogens (tertiary/aromatic N) is 5. The number of benzene rings is 2. The lowest BCUT2D eigenvalue weighted by atomic mass is 9.74. The topological polar surface area (TPSA) is 168 Å². The van der Waals surface area contributed by atoms with Gasteiger partial charge in [0.2, 0.25) is 11.8 Å². The Hall–Kier alpha value is -6.56. The quantitative estimate of drug-likeness (QED) is 0.100. The number of amides is 3. The Kier molecular flexibility index (Phi) is 14.6. The van der Waals surface area contributed by atoms with Crippen molar-refractivity contribution in [1.82, 2.24) is 35.2 Å². The van der Waals surface area contributed by atoms with Gasteiger partial charge in [0.15, 0.2) is 0 Å². The molecular formula is C55H65N7O7. The first-order chi connectivity index (χ1) is 33.0. The number of hydrazine groups is 1. The maximum atomic E-state index is 14.8. The summed E-state index contributed by atoms with van der Waals surface area (Å²) in [5, 5.41) is 16.8. The molecule has 6 bridgehead atoms. The molecule has 2 aromatic carbocycles. The molecule has 2 aliphatic heterocycles. The second-order valence-electron chi connectivity index (χ2n) is 20.0. The lowest BCUT2D eigenvalue weighted by Gasteiger charge is -2.39. The van der Waals surface area contributed by atoms with Crippen LogP contribution in [0.15, 0.2) is 79.1 Å². The van der Waals surface area contributed by atoms with Gasteiger partial charge in [-0.2, -0.15) is 0 Å². The molecule has 3 N–H and O–H groups in total. The molecule has 1 saturated heterocycles. The Morgan fingerprint density at radius 2 is 1.81 bits per heavy atom. The highest BCUT2D eigenvalue weighted by Gasteiger charge is 2.41. The zero-order valence-electron chi connectivity index (χ0n) is 41.0. The van der Waals surface area contributed by atoms with Gasteiger partial charge in [-0.3, -0.25) is 29.2 Å². The molecule has 14 heteroatoms. The lowest BCUT2D eigenvalue weighted by molar-refractivity contribution is -0.155. The molecule has 5 heterocycles. The number of nitrogens with one attached hydrogen (secondary N) is 2. The van der Waals surface area contributed by atoms with Crippen LogP contribution in [0.5, 0.6) is 5.75 Å². The van der Waals surface area contributed by atoms with E-state index in [9.17, 15) is 24.3 Å². The van der Waals surface area contributed by atoms with Crippen LogP contribution < -0.4 is 10.7 Å². The number of cyclic esters (lactones) is 1. The number of hydrogen-bond donors (Lipinski definition) is 3. The molecule has 3 aromatic heterocycles. The van der Waals surface area contributed by atoms with E-state index in [0.29, 0.717) is 56.5 Å². The smallest absolute Gasteiger partial charge is 0.324 e.